The van der Waals surface area contributed by atoms with E-state index in [4.69, 9.17) is 5.26 Å². The molecule has 11 heavy (non-hydrogen) atoms. The summed E-state index contributed by atoms with van der Waals surface area (Å²) in [4.78, 5) is 0. The maximum absolute atomic E-state index is 11.1. The molecule has 4 heteroatoms. The summed E-state index contributed by atoms with van der Waals surface area (Å²) in [6, 6.07) is 1.66. The monoisotopic (exact) mass is 175 g/mol. The third-order valence-corrected chi connectivity index (χ3v) is 3.98. The molecule has 0 fully saturated rings. The molecule has 0 bridgehead atoms. The summed E-state index contributed by atoms with van der Waals surface area (Å²) in [5.74, 6) is -0.292. The summed E-state index contributed by atoms with van der Waals surface area (Å²) in [5, 5.41) is 7.79. The van der Waals surface area contributed by atoms with E-state index < -0.39 is 15.1 Å². The van der Waals surface area contributed by atoms with Crippen LogP contribution in [0, 0.1) is 17.2 Å². The molecule has 0 heterocycles. The fraction of sp³-hybridized carbons (Fsp3) is 0.857. The zero-order valence-corrected chi connectivity index (χ0v) is 7.85. The average molecular weight is 175 g/mol. The number of sulfone groups is 1. The van der Waals surface area contributed by atoms with Gasteiger partial charge in [0.05, 0.1) is 11.3 Å². The van der Waals surface area contributed by atoms with E-state index in [1.165, 1.54) is 0 Å². The number of nitrogens with zero attached hydrogens (tertiary/aromatic N) is 1. The topological polar surface area (TPSA) is 57.9 Å². The molecule has 0 unspecified atom stereocenters. The van der Waals surface area contributed by atoms with Gasteiger partial charge in [0.1, 0.15) is 5.75 Å². The molecule has 0 N–H and O–H groups in total. The van der Waals surface area contributed by atoms with Crippen LogP contribution in [0.25, 0.3) is 0 Å². The molecule has 0 aromatic heterocycles. The van der Waals surface area contributed by atoms with Gasteiger partial charge in [-0.3, -0.25) is 0 Å². The minimum absolute atomic E-state index is 0.0772. The van der Waals surface area contributed by atoms with Crippen molar-refractivity contribution in [1.82, 2.24) is 0 Å². The number of rotatable bonds is 3. The molecule has 1 atom stereocenters. The van der Waals surface area contributed by atoms with Gasteiger partial charge in [-0.15, -0.1) is 0 Å². The van der Waals surface area contributed by atoms with Crippen LogP contribution in [0.1, 0.15) is 20.8 Å². The lowest BCUT2D eigenvalue weighted by Gasteiger charge is -2.13. The van der Waals surface area contributed by atoms with Crippen molar-refractivity contribution in [3.05, 3.63) is 0 Å². The molecular weight excluding hydrogens is 162 g/mol. The van der Waals surface area contributed by atoms with E-state index in [-0.39, 0.29) is 11.7 Å². The van der Waals surface area contributed by atoms with Crippen LogP contribution in [0.5, 0.6) is 0 Å². The highest BCUT2D eigenvalue weighted by Gasteiger charge is 2.22. The fourth-order valence-electron chi connectivity index (χ4n) is 0.636. The van der Waals surface area contributed by atoms with Gasteiger partial charge in [0.25, 0.3) is 0 Å². The first kappa shape index (κ1) is 10.4. The normalized spacial score (nSPS) is 14.5. The molecule has 0 saturated carbocycles. The van der Waals surface area contributed by atoms with Crippen LogP contribution in [0.2, 0.25) is 0 Å². The zero-order chi connectivity index (χ0) is 9.07. The van der Waals surface area contributed by atoms with Crippen molar-refractivity contribution in [2.75, 3.05) is 5.75 Å². The predicted molar refractivity (Wildman–Crippen MR) is 43.7 cm³/mol. The molecule has 0 aliphatic carbocycles. The highest BCUT2D eigenvalue weighted by molar-refractivity contribution is 7.92. The second kappa shape index (κ2) is 3.72. The van der Waals surface area contributed by atoms with Crippen LogP contribution in [0.4, 0.5) is 0 Å². The number of nitriles is 1. The first-order chi connectivity index (χ1) is 4.91. The van der Waals surface area contributed by atoms with Crippen LogP contribution in [-0.4, -0.2) is 19.4 Å². The van der Waals surface area contributed by atoms with E-state index in [9.17, 15) is 8.42 Å². The molecule has 0 aromatic rings. The Hall–Kier alpha value is -0.560. The lowest BCUT2D eigenvalue weighted by atomic mass is 10.2. The average Bonchev–Trinajstić information content (AvgIpc) is 1.86. The molecule has 0 saturated heterocycles. The Balaban J connectivity index is 4.47. The molecule has 0 radical (unpaired) electrons. The van der Waals surface area contributed by atoms with Crippen LogP contribution in [0.15, 0.2) is 0 Å². The van der Waals surface area contributed by atoms with Crippen LogP contribution in [-0.2, 0) is 9.84 Å². The van der Waals surface area contributed by atoms with E-state index in [0.29, 0.717) is 0 Å². The van der Waals surface area contributed by atoms with Crippen molar-refractivity contribution in [3.63, 3.8) is 0 Å². The molecule has 0 aliphatic heterocycles. The van der Waals surface area contributed by atoms with Gasteiger partial charge in [0.15, 0.2) is 9.84 Å². The van der Waals surface area contributed by atoms with Crippen molar-refractivity contribution >= 4 is 9.84 Å². The minimum atomic E-state index is -3.17. The maximum atomic E-state index is 11.1. The Morgan fingerprint density at radius 3 is 2.09 bits per heavy atom. The van der Waals surface area contributed by atoms with Gasteiger partial charge in [-0.2, -0.15) is 5.26 Å². The van der Waals surface area contributed by atoms with Crippen LogP contribution < -0.4 is 0 Å². The lowest BCUT2D eigenvalue weighted by Crippen LogP contribution is -2.25. The molecule has 0 rings (SSSR count). The van der Waals surface area contributed by atoms with Crippen molar-refractivity contribution in [2.45, 2.75) is 26.0 Å². The second-order valence-electron chi connectivity index (χ2n) is 2.91. The van der Waals surface area contributed by atoms with Gasteiger partial charge in [-0.05, 0) is 12.8 Å². The SMILES string of the molecule is CC(C)[C@H](C)S(=O)(=O)CC#N. The van der Waals surface area contributed by atoms with Gasteiger partial charge in [0.2, 0.25) is 0 Å². The smallest absolute Gasteiger partial charge is 0.166 e. The number of hydrogen-bond acceptors (Lipinski definition) is 3. The summed E-state index contributed by atoms with van der Waals surface area (Å²) in [6.07, 6.45) is 0. The Bertz CT molecular complexity index is 248. The Labute approximate surface area is 67.9 Å². The second-order valence-corrected chi connectivity index (χ2v) is 5.27. The summed E-state index contributed by atoms with van der Waals surface area (Å²) >= 11 is 0. The third-order valence-electron chi connectivity index (χ3n) is 1.77. The third kappa shape index (κ3) is 2.89. The van der Waals surface area contributed by atoms with Gasteiger partial charge in [-0.25, -0.2) is 8.42 Å². The summed E-state index contributed by atoms with van der Waals surface area (Å²) in [7, 11) is -3.17. The summed E-state index contributed by atoms with van der Waals surface area (Å²) in [6.45, 7) is 5.30. The van der Waals surface area contributed by atoms with Gasteiger partial charge < -0.3 is 0 Å². The molecule has 3 nitrogen and oxygen atoms in total. The molecule has 0 amide bonds. The van der Waals surface area contributed by atoms with E-state index in [1.807, 2.05) is 13.8 Å². The minimum Gasteiger partial charge on any atom is -0.227 e. The quantitative estimate of drug-likeness (QED) is 0.642. The molecule has 0 aliphatic rings. The first-order valence-electron chi connectivity index (χ1n) is 3.50. The Kier molecular flexibility index (Phi) is 3.53. The number of hydrogen-bond donors (Lipinski definition) is 0. The highest BCUT2D eigenvalue weighted by Crippen LogP contribution is 2.11. The Morgan fingerprint density at radius 2 is 1.82 bits per heavy atom. The summed E-state index contributed by atoms with van der Waals surface area (Å²) in [5.41, 5.74) is 0. The van der Waals surface area contributed by atoms with Gasteiger partial charge >= 0.3 is 0 Å². The predicted octanol–water partition coefficient (Wildman–Crippen LogP) is 0.969. The van der Waals surface area contributed by atoms with Crippen molar-refractivity contribution < 1.29 is 8.42 Å². The van der Waals surface area contributed by atoms with E-state index in [1.54, 1.807) is 13.0 Å². The Morgan fingerprint density at radius 1 is 1.36 bits per heavy atom. The van der Waals surface area contributed by atoms with Crippen molar-refractivity contribution in [3.8, 4) is 6.07 Å². The zero-order valence-electron chi connectivity index (χ0n) is 7.03. The van der Waals surface area contributed by atoms with Crippen molar-refractivity contribution in [2.24, 2.45) is 5.92 Å². The maximum Gasteiger partial charge on any atom is 0.166 e. The molecular formula is C7H13NO2S. The molecule has 0 spiro atoms. The van der Waals surface area contributed by atoms with Crippen LogP contribution in [0.3, 0.4) is 0 Å². The van der Waals surface area contributed by atoms with E-state index >= 15 is 0 Å². The van der Waals surface area contributed by atoms with E-state index in [0.717, 1.165) is 0 Å². The summed E-state index contributed by atoms with van der Waals surface area (Å²) < 4.78 is 22.3. The van der Waals surface area contributed by atoms with Gasteiger partial charge in [0, 0.05) is 0 Å². The first-order valence-corrected chi connectivity index (χ1v) is 5.22. The van der Waals surface area contributed by atoms with Crippen LogP contribution >= 0.6 is 0 Å². The lowest BCUT2D eigenvalue weighted by molar-refractivity contribution is 0.549. The molecule has 64 valence electrons. The highest BCUT2D eigenvalue weighted by atomic mass is 32.2. The van der Waals surface area contributed by atoms with Crippen molar-refractivity contribution in [1.29, 1.82) is 5.26 Å². The molecule has 0 aromatic carbocycles. The largest absolute Gasteiger partial charge is 0.227 e. The van der Waals surface area contributed by atoms with Gasteiger partial charge in [-0.1, -0.05) is 13.8 Å². The standard InChI is InChI=1S/C7H13NO2S/c1-6(2)7(3)11(9,10)5-4-8/h6-7H,5H2,1-3H3/t7-/m0/s1. The van der Waals surface area contributed by atoms with E-state index in [2.05, 4.69) is 0 Å². The fourth-order valence-corrected chi connectivity index (χ4v) is 1.91.